The first-order valence-electron chi connectivity index (χ1n) is 10.3. The van der Waals surface area contributed by atoms with Crippen LogP contribution in [0.15, 0.2) is 0 Å². The molecule has 1 saturated heterocycles. The lowest BCUT2D eigenvalue weighted by Gasteiger charge is -2.22. The third-order valence-electron chi connectivity index (χ3n) is 5.01. The average molecular weight is 341 g/mol. The second-order valence-electron chi connectivity index (χ2n) is 8.08. The standard InChI is InChI=1S/C21H40O3/c1-4-5-6-7-8-9-10-11-12-13-14-15-16-21(2,3)20(22)24-18-19-17-23-19/h19H,4-18H2,1-3H3. The van der Waals surface area contributed by atoms with E-state index in [0.29, 0.717) is 6.61 Å². The van der Waals surface area contributed by atoms with Gasteiger partial charge >= 0.3 is 5.97 Å². The van der Waals surface area contributed by atoms with Gasteiger partial charge in [0, 0.05) is 0 Å². The summed E-state index contributed by atoms with van der Waals surface area (Å²) < 4.78 is 10.4. The highest BCUT2D eigenvalue weighted by Crippen LogP contribution is 2.26. The van der Waals surface area contributed by atoms with E-state index in [1.807, 2.05) is 13.8 Å². The molecule has 1 atom stereocenters. The van der Waals surface area contributed by atoms with Gasteiger partial charge in [0.15, 0.2) is 0 Å². The molecule has 1 heterocycles. The number of carbonyl (C=O) groups excluding carboxylic acids is 1. The van der Waals surface area contributed by atoms with Crippen molar-refractivity contribution in [1.82, 2.24) is 0 Å². The van der Waals surface area contributed by atoms with Gasteiger partial charge < -0.3 is 9.47 Å². The number of unbranched alkanes of at least 4 members (excludes halogenated alkanes) is 11. The fraction of sp³-hybridized carbons (Fsp3) is 0.952. The summed E-state index contributed by atoms with van der Waals surface area (Å²) >= 11 is 0. The molecule has 1 aliphatic heterocycles. The third-order valence-corrected chi connectivity index (χ3v) is 5.01. The van der Waals surface area contributed by atoms with Gasteiger partial charge in [-0.15, -0.1) is 0 Å². The predicted molar refractivity (Wildman–Crippen MR) is 100 cm³/mol. The smallest absolute Gasteiger partial charge is 0.311 e. The van der Waals surface area contributed by atoms with E-state index in [-0.39, 0.29) is 17.5 Å². The van der Waals surface area contributed by atoms with Crippen LogP contribution in [0, 0.1) is 5.41 Å². The molecule has 142 valence electrons. The molecule has 0 bridgehead atoms. The van der Waals surface area contributed by atoms with Crippen LogP contribution in [0.1, 0.15) is 104 Å². The molecule has 1 rings (SSSR count). The van der Waals surface area contributed by atoms with E-state index in [9.17, 15) is 4.79 Å². The normalized spacial score (nSPS) is 17.0. The van der Waals surface area contributed by atoms with Gasteiger partial charge in [0.2, 0.25) is 0 Å². The van der Waals surface area contributed by atoms with Gasteiger partial charge in [-0.2, -0.15) is 0 Å². The maximum absolute atomic E-state index is 12.1. The summed E-state index contributed by atoms with van der Waals surface area (Å²) in [5.41, 5.74) is -0.354. The highest BCUT2D eigenvalue weighted by molar-refractivity contribution is 5.75. The number of hydrogen-bond donors (Lipinski definition) is 0. The van der Waals surface area contributed by atoms with E-state index in [0.717, 1.165) is 19.4 Å². The van der Waals surface area contributed by atoms with Crippen molar-refractivity contribution in [3.8, 4) is 0 Å². The minimum Gasteiger partial charge on any atom is -0.462 e. The van der Waals surface area contributed by atoms with Gasteiger partial charge in [0.25, 0.3) is 0 Å². The minimum atomic E-state index is -0.354. The number of hydrogen-bond acceptors (Lipinski definition) is 3. The molecule has 0 saturated carbocycles. The van der Waals surface area contributed by atoms with Crippen LogP contribution in [0.4, 0.5) is 0 Å². The van der Waals surface area contributed by atoms with Crippen molar-refractivity contribution in [1.29, 1.82) is 0 Å². The molecule has 0 aromatic carbocycles. The highest BCUT2D eigenvalue weighted by atomic mass is 16.6. The zero-order valence-electron chi connectivity index (χ0n) is 16.4. The third kappa shape index (κ3) is 11.1. The summed E-state index contributed by atoms with van der Waals surface area (Å²) in [6.45, 7) is 7.45. The maximum atomic E-state index is 12.1. The Morgan fingerprint density at radius 2 is 1.38 bits per heavy atom. The minimum absolute atomic E-state index is 0.0685. The number of epoxide rings is 1. The second kappa shape index (κ2) is 12.7. The zero-order chi connectivity index (χ0) is 17.7. The van der Waals surface area contributed by atoms with Crippen LogP contribution < -0.4 is 0 Å². The van der Waals surface area contributed by atoms with Gasteiger partial charge in [0.05, 0.1) is 12.0 Å². The van der Waals surface area contributed by atoms with Gasteiger partial charge in [-0.3, -0.25) is 4.79 Å². The second-order valence-corrected chi connectivity index (χ2v) is 8.08. The van der Waals surface area contributed by atoms with Gasteiger partial charge in [-0.25, -0.2) is 0 Å². The molecule has 0 aromatic rings. The molecule has 24 heavy (non-hydrogen) atoms. The Balaban J connectivity index is 1.86. The molecule has 3 heteroatoms. The lowest BCUT2D eigenvalue weighted by molar-refractivity contribution is -0.154. The SMILES string of the molecule is CCCCCCCCCCCCCCC(C)(C)C(=O)OCC1CO1. The summed E-state index contributed by atoms with van der Waals surface area (Å²) in [7, 11) is 0. The molecule has 0 aliphatic carbocycles. The van der Waals surface area contributed by atoms with E-state index in [1.54, 1.807) is 0 Å². The summed E-state index contributed by atoms with van der Waals surface area (Å²) in [6, 6.07) is 0. The zero-order valence-corrected chi connectivity index (χ0v) is 16.4. The Labute approximate surface area is 149 Å². The summed E-state index contributed by atoms with van der Waals surface area (Å²) in [4.78, 5) is 12.1. The number of ether oxygens (including phenoxy) is 2. The van der Waals surface area contributed by atoms with Crippen molar-refractivity contribution in [2.45, 2.75) is 110 Å². The van der Waals surface area contributed by atoms with Crippen molar-refractivity contribution in [2.24, 2.45) is 5.41 Å². The Hall–Kier alpha value is -0.570. The fourth-order valence-electron chi connectivity index (χ4n) is 3.04. The molecule has 3 nitrogen and oxygen atoms in total. The summed E-state index contributed by atoms with van der Waals surface area (Å²) in [6.07, 6.45) is 17.3. The van der Waals surface area contributed by atoms with Crippen molar-refractivity contribution in [2.75, 3.05) is 13.2 Å². The van der Waals surface area contributed by atoms with Crippen molar-refractivity contribution in [3.63, 3.8) is 0 Å². The maximum Gasteiger partial charge on any atom is 0.311 e. The number of rotatable bonds is 16. The van der Waals surface area contributed by atoms with Gasteiger partial charge in [0.1, 0.15) is 12.7 Å². The van der Waals surface area contributed by atoms with E-state index in [4.69, 9.17) is 9.47 Å². The van der Waals surface area contributed by atoms with Crippen LogP contribution in [0.5, 0.6) is 0 Å². The quantitative estimate of drug-likeness (QED) is 0.195. The van der Waals surface area contributed by atoms with Crippen molar-refractivity contribution < 1.29 is 14.3 Å². The lowest BCUT2D eigenvalue weighted by atomic mass is 9.87. The molecule has 1 fully saturated rings. The first-order chi connectivity index (χ1) is 11.6. The summed E-state index contributed by atoms with van der Waals surface area (Å²) in [5, 5.41) is 0. The van der Waals surface area contributed by atoms with Crippen LogP contribution in [-0.4, -0.2) is 25.3 Å². The Morgan fingerprint density at radius 1 is 0.917 bits per heavy atom. The monoisotopic (exact) mass is 340 g/mol. The molecule has 0 spiro atoms. The number of esters is 1. The fourth-order valence-corrected chi connectivity index (χ4v) is 3.04. The topological polar surface area (TPSA) is 38.8 Å². The van der Waals surface area contributed by atoms with E-state index in [1.165, 1.54) is 70.6 Å². The van der Waals surface area contributed by atoms with Crippen LogP contribution in [-0.2, 0) is 14.3 Å². The van der Waals surface area contributed by atoms with Gasteiger partial charge in [-0.05, 0) is 20.3 Å². The van der Waals surface area contributed by atoms with Crippen LogP contribution in [0.3, 0.4) is 0 Å². The Bertz CT molecular complexity index is 321. The largest absolute Gasteiger partial charge is 0.462 e. The molecule has 0 N–H and O–H groups in total. The molecule has 1 aliphatic rings. The van der Waals surface area contributed by atoms with Crippen LogP contribution >= 0.6 is 0 Å². The number of carbonyl (C=O) groups is 1. The van der Waals surface area contributed by atoms with Crippen LogP contribution in [0.25, 0.3) is 0 Å². The molecule has 0 aromatic heterocycles. The molecular weight excluding hydrogens is 300 g/mol. The lowest BCUT2D eigenvalue weighted by Crippen LogP contribution is -2.27. The summed E-state index contributed by atoms with van der Waals surface area (Å²) in [5.74, 6) is -0.0685. The first-order valence-corrected chi connectivity index (χ1v) is 10.3. The predicted octanol–water partition coefficient (Wildman–Crippen LogP) is 6.05. The van der Waals surface area contributed by atoms with E-state index in [2.05, 4.69) is 6.92 Å². The molecule has 0 radical (unpaired) electrons. The van der Waals surface area contributed by atoms with Crippen LogP contribution in [0.2, 0.25) is 0 Å². The van der Waals surface area contributed by atoms with E-state index >= 15 is 0 Å². The highest BCUT2D eigenvalue weighted by Gasteiger charge is 2.31. The average Bonchev–Trinajstić information content (AvgIpc) is 3.38. The van der Waals surface area contributed by atoms with Gasteiger partial charge in [-0.1, -0.05) is 84.0 Å². The molecule has 1 unspecified atom stereocenters. The van der Waals surface area contributed by atoms with Crippen molar-refractivity contribution in [3.05, 3.63) is 0 Å². The first kappa shape index (κ1) is 21.5. The van der Waals surface area contributed by atoms with Crippen molar-refractivity contribution >= 4 is 5.97 Å². The molecular formula is C21H40O3. The molecule has 0 amide bonds. The Morgan fingerprint density at radius 3 is 1.83 bits per heavy atom. The van der Waals surface area contributed by atoms with E-state index < -0.39 is 0 Å². The Kier molecular flexibility index (Phi) is 11.4.